The third-order valence-electron chi connectivity index (χ3n) is 0. The summed E-state index contributed by atoms with van der Waals surface area (Å²) in [6, 6.07) is 0. The van der Waals surface area contributed by atoms with Gasteiger partial charge in [0.05, 0.1) is 0 Å². The van der Waals surface area contributed by atoms with E-state index in [0.717, 1.165) is 0 Å². The van der Waals surface area contributed by atoms with E-state index in [1.54, 1.807) is 0 Å². The van der Waals surface area contributed by atoms with Gasteiger partial charge in [0.1, 0.15) is 0 Å². The maximum atomic E-state index is 0. The summed E-state index contributed by atoms with van der Waals surface area (Å²) in [7, 11) is 0. The summed E-state index contributed by atoms with van der Waals surface area (Å²) in [6.07, 6.45) is 0. The molecule has 0 fully saturated rings. The van der Waals surface area contributed by atoms with Crippen LogP contribution in [0.3, 0.4) is 0 Å². The Labute approximate surface area is 90.8 Å². The van der Waals surface area contributed by atoms with Crippen LogP contribution in [0.15, 0.2) is 0 Å². The van der Waals surface area contributed by atoms with Crippen LogP contribution in [0.2, 0.25) is 0 Å². The summed E-state index contributed by atoms with van der Waals surface area (Å²) in [5.41, 5.74) is 0. The molecule has 3 radical (unpaired) electrons. The minimum atomic E-state index is 0. The molecule has 0 amide bonds. The van der Waals surface area contributed by atoms with Gasteiger partial charge in [-0.2, -0.15) is 0 Å². The Balaban J connectivity index is 0. The molecular formula is CeCoCuMn. The largest absolute Gasteiger partial charge is 0 e. The van der Waals surface area contributed by atoms with E-state index in [-0.39, 0.29) is 92.7 Å². The molecule has 0 N–H and O–H groups in total. The zero-order valence-electron chi connectivity index (χ0n) is 1.51. The van der Waals surface area contributed by atoms with Crippen LogP contribution in [-0.4, -0.2) is 0 Å². The normalized spacial score (nSPS) is 0. The minimum Gasteiger partial charge on any atom is 0 e. The van der Waals surface area contributed by atoms with Crippen LogP contribution >= 0.6 is 0 Å². The first-order valence-electron chi connectivity index (χ1n) is 0. The average Bonchev–Trinajstić information content (AvgIpc) is 0. The Morgan fingerprint density at radius 3 is 1.00 bits per heavy atom. The van der Waals surface area contributed by atoms with Crippen molar-refractivity contribution >= 4 is 0 Å². The Bertz CT molecular complexity index is 8.00. The standard InChI is InChI=1S/Ce.Co.Cu.Mn. The molecule has 0 unspecified atom stereocenters. The molecule has 4 heavy (non-hydrogen) atoms. The second kappa shape index (κ2) is 16.8. The molecule has 0 heterocycles. The molecule has 0 rings (SSSR count). The maximum absolute atomic E-state index is 0. The van der Waals surface area contributed by atoms with E-state index < -0.39 is 0 Å². The van der Waals surface area contributed by atoms with Gasteiger partial charge in [-0.1, -0.05) is 0 Å². The molecule has 0 aromatic rings. The van der Waals surface area contributed by atoms with Crippen molar-refractivity contribution < 1.29 is 92.7 Å². The van der Waals surface area contributed by atoms with E-state index in [0.29, 0.717) is 0 Å². The second-order valence-electron chi connectivity index (χ2n) is 0. The zero-order chi connectivity index (χ0) is 0. The summed E-state index contributed by atoms with van der Waals surface area (Å²) in [5.74, 6) is 0. The zero-order valence-corrected chi connectivity index (χ0v) is 7.82. The van der Waals surface area contributed by atoms with Crippen LogP contribution in [0, 0.1) is 41.7 Å². The summed E-state index contributed by atoms with van der Waals surface area (Å²) >= 11 is 0. The van der Waals surface area contributed by atoms with Gasteiger partial charge in [0, 0.05) is 92.7 Å². The quantitative estimate of drug-likeness (QED) is 0.552. The van der Waals surface area contributed by atoms with Crippen LogP contribution in [0.25, 0.3) is 0 Å². The third kappa shape index (κ3) is 8.87. The molecule has 0 atom stereocenters. The monoisotopic (exact) mass is 317 g/mol. The molecule has 0 aliphatic heterocycles. The number of rotatable bonds is 0. The first-order chi connectivity index (χ1) is 0. The van der Waals surface area contributed by atoms with Crippen molar-refractivity contribution in [3.8, 4) is 0 Å². The molecule has 0 aliphatic rings. The van der Waals surface area contributed by atoms with E-state index in [9.17, 15) is 0 Å². The fourth-order valence-electron chi connectivity index (χ4n) is 0. The van der Waals surface area contributed by atoms with Gasteiger partial charge in [0.15, 0.2) is 0 Å². The molecule has 0 saturated heterocycles. The predicted octanol–water partition coefficient (Wildman–Crippen LogP) is -0.00750. The van der Waals surface area contributed by atoms with Gasteiger partial charge >= 0.3 is 0 Å². The SMILES string of the molecule is [Ce].[Co].[Cu].[Mn]. The molecule has 0 saturated carbocycles. The third-order valence-corrected chi connectivity index (χ3v) is 0. The fraction of sp³-hybridized carbons (Fsp3) is 0. The molecule has 4 heteroatoms. The number of hydrogen-bond acceptors (Lipinski definition) is 0. The molecular weight excluding hydrogens is 318 g/mol. The van der Waals surface area contributed by atoms with Crippen molar-refractivity contribution in [3.63, 3.8) is 0 Å². The van der Waals surface area contributed by atoms with E-state index in [1.165, 1.54) is 0 Å². The van der Waals surface area contributed by atoms with Crippen LogP contribution < -0.4 is 0 Å². The van der Waals surface area contributed by atoms with E-state index in [1.807, 2.05) is 0 Å². The molecule has 0 bridgehead atoms. The summed E-state index contributed by atoms with van der Waals surface area (Å²) in [6.45, 7) is 0. The molecule has 0 nitrogen and oxygen atoms in total. The van der Waals surface area contributed by atoms with Crippen molar-refractivity contribution in [3.05, 3.63) is 0 Å². The Hall–Kier alpha value is 2.92. The molecule has 0 aromatic heterocycles. The topological polar surface area (TPSA) is 0 Å². The van der Waals surface area contributed by atoms with Crippen LogP contribution in [0.1, 0.15) is 0 Å². The summed E-state index contributed by atoms with van der Waals surface area (Å²) < 4.78 is 0. The second-order valence-corrected chi connectivity index (χ2v) is 0. The fourth-order valence-corrected chi connectivity index (χ4v) is 0. The van der Waals surface area contributed by atoms with Crippen molar-refractivity contribution in [1.82, 2.24) is 0 Å². The predicted molar refractivity (Wildman–Crippen MR) is 0 cm³/mol. The van der Waals surface area contributed by atoms with Gasteiger partial charge in [-0.3, -0.25) is 0 Å². The van der Waals surface area contributed by atoms with E-state index in [4.69, 9.17) is 0 Å². The smallest absolute Gasteiger partial charge is 0 e. The van der Waals surface area contributed by atoms with Gasteiger partial charge < -0.3 is 0 Å². The summed E-state index contributed by atoms with van der Waals surface area (Å²) in [5, 5.41) is 0. The van der Waals surface area contributed by atoms with Crippen molar-refractivity contribution in [2.75, 3.05) is 0 Å². The molecule has 0 aliphatic carbocycles. The molecule has 0 spiro atoms. The van der Waals surface area contributed by atoms with E-state index >= 15 is 0 Å². The molecule has 0 aromatic carbocycles. The van der Waals surface area contributed by atoms with Crippen LogP contribution in [0.5, 0.6) is 0 Å². The van der Waals surface area contributed by atoms with Gasteiger partial charge in [-0.05, 0) is 0 Å². The van der Waals surface area contributed by atoms with Gasteiger partial charge in [0.25, 0.3) is 0 Å². The van der Waals surface area contributed by atoms with Crippen LogP contribution in [0.4, 0.5) is 0 Å². The van der Waals surface area contributed by atoms with Crippen molar-refractivity contribution in [2.45, 2.75) is 0 Å². The first kappa shape index (κ1) is 28.4. The maximum Gasteiger partial charge on any atom is 0 e. The van der Waals surface area contributed by atoms with Gasteiger partial charge in [-0.25, -0.2) is 0 Å². The number of hydrogen-bond donors (Lipinski definition) is 0. The summed E-state index contributed by atoms with van der Waals surface area (Å²) in [4.78, 5) is 0. The van der Waals surface area contributed by atoms with Crippen molar-refractivity contribution in [1.29, 1.82) is 0 Å². The molecule has 31 valence electrons. The van der Waals surface area contributed by atoms with Gasteiger partial charge in [-0.15, -0.1) is 0 Å². The average molecular weight is 318 g/mol. The van der Waals surface area contributed by atoms with Crippen LogP contribution in [-0.2, 0) is 50.9 Å². The Morgan fingerprint density at radius 2 is 1.00 bits per heavy atom. The van der Waals surface area contributed by atoms with E-state index in [2.05, 4.69) is 0 Å². The Morgan fingerprint density at radius 1 is 1.00 bits per heavy atom. The first-order valence-corrected chi connectivity index (χ1v) is 0. The Kier molecular flexibility index (Phi) is 119. The van der Waals surface area contributed by atoms with Gasteiger partial charge in [0.2, 0.25) is 0 Å². The van der Waals surface area contributed by atoms with Crippen molar-refractivity contribution in [2.24, 2.45) is 0 Å². The minimum absolute atomic E-state index is 0.